The molecule has 7 rings (SSSR count). The number of hydrogen-bond acceptors (Lipinski definition) is 3. The number of rotatable bonds is 1. The van der Waals surface area contributed by atoms with Gasteiger partial charge in [-0.15, -0.1) is 0 Å². The Kier molecular flexibility index (Phi) is 3.05. The van der Waals surface area contributed by atoms with Crippen LogP contribution in [-0.4, -0.2) is 16.3 Å². The summed E-state index contributed by atoms with van der Waals surface area (Å²) in [4.78, 5) is 7.33. The standard InChI is InChI=1S/C25H16BN3O/c1-2-9-17(10-3-1)28-21-14-8-16-23-24(21)26(18-11-4-7-15-22(18)30-23)29-20-13-6-5-12-19(20)27-25(28)29/h1-16H. The van der Waals surface area contributed by atoms with E-state index in [4.69, 9.17) is 9.72 Å². The van der Waals surface area contributed by atoms with E-state index in [1.165, 1.54) is 5.46 Å². The zero-order chi connectivity index (χ0) is 19.7. The minimum Gasteiger partial charge on any atom is -0.458 e. The van der Waals surface area contributed by atoms with Gasteiger partial charge in [0.05, 0.1) is 11.0 Å². The van der Waals surface area contributed by atoms with Crippen molar-refractivity contribution in [2.75, 3.05) is 4.90 Å². The first-order chi connectivity index (χ1) is 14.9. The highest BCUT2D eigenvalue weighted by Crippen LogP contribution is 2.42. The van der Waals surface area contributed by atoms with Gasteiger partial charge in [-0.3, -0.25) is 4.90 Å². The lowest BCUT2D eigenvalue weighted by atomic mass is 9.47. The molecule has 1 aromatic heterocycles. The second kappa shape index (κ2) is 5.77. The van der Waals surface area contributed by atoms with Gasteiger partial charge in [0.25, 0.3) is 0 Å². The SMILES string of the molecule is c1ccc(N2c3cccc4c3B(c3ccccc3O4)n3c2nc2ccccc23)cc1. The van der Waals surface area contributed by atoms with E-state index in [0.717, 1.165) is 45.3 Å². The van der Waals surface area contributed by atoms with Gasteiger partial charge in [-0.25, -0.2) is 4.98 Å². The summed E-state index contributed by atoms with van der Waals surface area (Å²) < 4.78 is 8.71. The van der Waals surface area contributed by atoms with E-state index < -0.39 is 0 Å². The van der Waals surface area contributed by atoms with E-state index in [9.17, 15) is 0 Å². The maximum absolute atomic E-state index is 6.35. The second-order valence-corrected chi connectivity index (χ2v) is 7.67. The van der Waals surface area contributed by atoms with Gasteiger partial charge in [-0.2, -0.15) is 0 Å². The molecule has 4 nitrogen and oxygen atoms in total. The Balaban J connectivity index is 1.64. The van der Waals surface area contributed by atoms with Crippen molar-refractivity contribution in [2.45, 2.75) is 0 Å². The first-order valence-corrected chi connectivity index (χ1v) is 10.1. The molecule has 0 amide bonds. The molecule has 0 N–H and O–H groups in total. The maximum atomic E-state index is 6.35. The first-order valence-electron chi connectivity index (χ1n) is 10.1. The van der Waals surface area contributed by atoms with Crippen molar-refractivity contribution < 1.29 is 4.74 Å². The predicted molar refractivity (Wildman–Crippen MR) is 121 cm³/mol. The van der Waals surface area contributed by atoms with Crippen molar-refractivity contribution in [2.24, 2.45) is 0 Å². The van der Waals surface area contributed by atoms with Crippen LogP contribution in [0, 0.1) is 0 Å². The lowest BCUT2D eigenvalue weighted by Gasteiger charge is -2.38. The average molecular weight is 385 g/mol. The number of benzene rings is 4. The zero-order valence-electron chi connectivity index (χ0n) is 16.1. The van der Waals surface area contributed by atoms with E-state index in [-0.39, 0.29) is 6.85 Å². The highest BCUT2D eigenvalue weighted by molar-refractivity contribution is 6.88. The molecule has 0 unspecified atom stereocenters. The number of fused-ring (bicyclic) bond motifs is 6. The van der Waals surface area contributed by atoms with Gasteiger partial charge in [0.1, 0.15) is 11.5 Å². The Labute approximate surface area is 174 Å². The molecule has 4 aromatic carbocycles. The number of nitrogens with zero attached hydrogens (tertiary/aromatic N) is 3. The molecule has 0 bridgehead atoms. The molecule has 0 saturated carbocycles. The minimum absolute atomic E-state index is 0.0171. The molecule has 2 aliphatic rings. The summed E-state index contributed by atoms with van der Waals surface area (Å²) in [6.45, 7) is 0.0171. The van der Waals surface area contributed by atoms with Gasteiger partial charge in [-0.1, -0.05) is 54.6 Å². The van der Waals surface area contributed by atoms with Crippen LogP contribution in [0.3, 0.4) is 0 Å². The third kappa shape index (κ3) is 1.99. The molecule has 5 heteroatoms. The van der Waals surface area contributed by atoms with Crippen LogP contribution in [0.5, 0.6) is 11.5 Å². The van der Waals surface area contributed by atoms with Gasteiger partial charge >= 0.3 is 6.85 Å². The van der Waals surface area contributed by atoms with Gasteiger partial charge in [0, 0.05) is 16.8 Å². The van der Waals surface area contributed by atoms with Crippen molar-refractivity contribution >= 4 is 46.1 Å². The molecule has 140 valence electrons. The maximum Gasteiger partial charge on any atom is 0.340 e. The molecule has 5 aromatic rings. The van der Waals surface area contributed by atoms with Crippen LogP contribution in [0.1, 0.15) is 0 Å². The highest BCUT2D eigenvalue weighted by Gasteiger charge is 2.43. The van der Waals surface area contributed by atoms with Gasteiger partial charge in [0.2, 0.25) is 5.95 Å². The number of ether oxygens (including phenoxy) is 1. The summed E-state index contributed by atoms with van der Waals surface area (Å²) in [6.07, 6.45) is 0. The molecule has 2 aliphatic heterocycles. The predicted octanol–water partition coefficient (Wildman–Crippen LogP) is 4.58. The molecule has 0 saturated heterocycles. The first kappa shape index (κ1) is 15.9. The van der Waals surface area contributed by atoms with Crippen LogP contribution in [0.15, 0.2) is 97.1 Å². The Morgan fingerprint density at radius 1 is 0.700 bits per heavy atom. The van der Waals surface area contributed by atoms with Crippen LogP contribution in [0.25, 0.3) is 11.0 Å². The van der Waals surface area contributed by atoms with E-state index in [1.807, 2.05) is 24.3 Å². The third-order valence-corrected chi connectivity index (χ3v) is 6.04. The van der Waals surface area contributed by atoms with Crippen LogP contribution in [0.4, 0.5) is 17.3 Å². The largest absolute Gasteiger partial charge is 0.458 e. The van der Waals surface area contributed by atoms with Crippen molar-refractivity contribution in [1.82, 2.24) is 9.46 Å². The summed E-state index contributed by atoms with van der Waals surface area (Å²) in [5.74, 6) is 2.73. The Hall–Kier alpha value is -3.99. The zero-order valence-corrected chi connectivity index (χ0v) is 16.1. The molecule has 0 aliphatic carbocycles. The molecule has 30 heavy (non-hydrogen) atoms. The fraction of sp³-hybridized carbons (Fsp3) is 0. The lowest BCUT2D eigenvalue weighted by Crippen LogP contribution is -2.56. The number of aromatic nitrogens is 2. The normalized spacial score (nSPS) is 13.5. The topological polar surface area (TPSA) is 30.3 Å². The summed E-state index contributed by atoms with van der Waals surface area (Å²) in [5, 5.41) is 0. The fourth-order valence-electron chi connectivity index (χ4n) is 4.82. The van der Waals surface area contributed by atoms with E-state index >= 15 is 0 Å². The van der Waals surface area contributed by atoms with Gasteiger partial charge in [-0.05, 0) is 47.9 Å². The summed E-state index contributed by atoms with van der Waals surface area (Å²) in [6, 6.07) is 33.4. The lowest BCUT2D eigenvalue weighted by molar-refractivity contribution is 0.486. The quantitative estimate of drug-likeness (QED) is 0.388. The number of hydrogen-bond donors (Lipinski definition) is 0. The third-order valence-electron chi connectivity index (χ3n) is 6.04. The molecule has 3 heterocycles. The Morgan fingerprint density at radius 2 is 1.47 bits per heavy atom. The van der Waals surface area contributed by atoms with Crippen molar-refractivity contribution in [3.05, 3.63) is 97.1 Å². The van der Waals surface area contributed by atoms with Crippen molar-refractivity contribution in [3.8, 4) is 11.5 Å². The molecule has 0 fully saturated rings. The number of anilines is 3. The average Bonchev–Trinajstić information content (AvgIpc) is 3.18. The molecule has 0 spiro atoms. The number of para-hydroxylation sites is 4. The van der Waals surface area contributed by atoms with Crippen LogP contribution in [0.2, 0.25) is 0 Å². The van der Waals surface area contributed by atoms with Crippen molar-refractivity contribution in [1.29, 1.82) is 0 Å². The van der Waals surface area contributed by atoms with Gasteiger partial charge < -0.3 is 9.21 Å². The minimum atomic E-state index is 0.0171. The van der Waals surface area contributed by atoms with Crippen molar-refractivity contribution in [3.63, 3.8) is 0 Å². The molecule has 0 atom stereocenters. The van der Waals surface area contributed by atoms with Gasteiger partial charge in [0.15, 0.2) is 0 Å². The number of imidazole rings is 1. The van der Waals surface area contributed by atoms with E-state index in [2.05, 4.69) is 82.2 Å². The smallest absolute Gasteiger partial charge is 0.340 e. The van der Waals surface area contributed by atoms with Crippen LogP contribution >= 0.6 is 0 Å². The molecule has 0 radical (unpaired) electrons. The molecular formula is C25H16BN3O. The molecular weight excluding hydrogens is 369 g/mol. The monoisotopic (exact) mass is 385 g/mol. The Bertz CT molecular complexity index is 1440. The summed E-state index contributed by atoms with van der Waals surface area (Å²) in [7, 11) is 0. The van der Waals surface area contributed by atoms with Crippen LogP contribution in [-0.2, 0) is 0 Å². The highest BCUT2D eigenvalue weighted by atomic mass is 16.5. The fourth-order valence-corrected chi connectivity index (χ4v) is 4.82. The van der Waals surface area contributed by atoms with Crippen LogP contribution < -0.4 is 20.6 Å². The Morgan fingerprint density at radius 3 is 2.40 bits per heavy atom. The van der Waals surface area contributed by atoms with E-state index in [1.54, 1.807) is 0 Å². The summed E-state index contributed by atoms with van der Waals surface area (Å²) >= 11 is 0. The second-order valence-electron chi connectivity index (χ2n) is 7.67. The summed E-state index contributed by atoms with van der Waals surface area (Å²) in [5.41, 5.74) is 6.65. The van der Waals surface area contributed by atoms with E-state index in [0.29, 0.717) is 0 Å².